The van der Waals surface area contributed by atoms with Crippen LogP contribution in [0, 0.1) is 0 Å². The van der Waals surface area contributed by atoms with E-state index in [9.17, 15) is 8.42 Å². The molecule has 4 nitrogen and oxygen atoms in total. The van der Waals surface area contributed by atoms with E-state index in [4.69, 9.17) is 9.92 Å². The molecule has 16 heavy (non-hydrogen) atoms. The SMILES string of the molecule is NCCCCCOS(=O)(=O)c1ccccc1. The van der Waals surface area contributed by atoms with Gasteiger partial charge in [0.15, 0.2) is 0 Å². The fraction of sp³-hybridized carbons (Fsp3) is 0.455. The third-order valence-electron chi connectivity index (χ3n) is 2.12. The number of nitrogens with two attached hydrogens (primary N) is 1. The van der Waals surface area contributed by atoms with Crippen molar-refractivity contribution in [2.24, 2.45) is 5.73 Å². The van der Waals surface area contributed by atoms with Crippen molar-refractivity contribution in [3.8, 4) is 0 Å². The molecule has 0 atom stereocenters. The van der Waals surface area contributed by atoms with E-state index >= 15 is 0 Å². The molecule has 0 aliphatic rings. The molecule has 5 heteroatoms. The maximum atomic E-state index is 11.6. The van der Waals surface area contributed by atoms with Crippen LogP contribution in [0.2, 0.25) is 0 Å². The van der Waals surface area contributed by atoms with E-state index in [2.05, 4.69) is 0 Å². The summed E-state index contributed by atoms with van der Waals surface area (Å²) >= 11 is 0. The zero-order valence-electron chi connectivity index (χ0n) is 9.13. The van der Waals surface area contributed by atoms with E-state index < -0.39 is 10.1 Å². The highest BCUT2D eigenvalue weighted by molar-refractivity contribution is 7.86. The Morgan fingerprint density at radius 3 is 2.38 bits per heavy atom. The highest BCUT2D eigenvalue weighted by Gasteiger charge is 2.13. The van der Waals surface area contributed by atoms with Gasteiger partial charge in [-0.15, -0.1) is 0 Å². The molecule has 0 aromatic heterocycles. The highest BCUT2D eigenvalue weighted by atomic mass is 32.2. The van der Waals surface area contributed by atoms with Gasteiger partial charge < -0.3 is 5.73 Å². The van der Waals surface area contributed by atoms with E-state index in [0.717, 1.165) is 12.8 Å². The van der Waals surface area contributed by atoms with Crippen molar-refractivity contribution < 1.29 is 12.6 Å². The molecule has 1 rings (SSSR count). The van der Waals surface area contributed by atoms with Crippen LogP contribution in [0.15, 0.2) is 35.2 Å². The Labute approximate surface area is 96.5 Å². The Kier molecular flexibility index (Phi) is 5.45. The van der Waals surface area contributed by atoms with E-state index in [1.807, 2.05) is 0 Å². The van der Waals surface area contributed by atoms with Gasteiger partial charge in [0.25, 0.3) is 10.1 Å². The van der Waals surface area contributed by atoms with Crippen molar-refractivity contribution in [3.05, 3.63) is 30.3 Å². The van der Waals surface area contributed by atoms with Crippen molar-refractivity contribution in [1.29, 1.82) is 0 Å². The summed E-state index contributed by atoms with van der Waals surface area (Å²) in [5.41, 5.74) is 5.33. The van der Waals surface area contributed by atoms with Gasteiger partial charge >= 0.3 is 0 Å². The average molecular weight is 243 g/mol. The first-order valence-corrected chi connectivity index (χ1v) is 6.72. The fourth-order valence-electron chi connectivity index (χ4n) is 1.25. The third-order valence-corrected chi connectivity index (χ3v) is 3.45. The summed E-state index contributed by atoms with van der Waals surface area (Å²) in [5.74, 6) is 0. The summed E-state index contributed by atoms with van der Waals surface area (Å²) in [5, 5.41) is 0. The normalized spacial score (nSPS) is 11.6. The summed E-state index contributed by atoms with van der Waals surface area (Å²) in [7, 11) is -3.58. The Morgan fingerprint density at radius 1 is 1.06 bits per heavy atom. The van der Waals surface area contributed by atoms with Crippen LogP contribution in [0.25, 0.3) is 0 Å². The molecule has 0 fully saturated rings. The first-order chi connectivity index (χ1) is 7.67. The lowest BCUT2D eigenvalue weighted by Crippen LogP contribution is -2.08. The summed E-state index contributed by atoms with van der Waals surface area (Å²) in [6, 6.07) is 8.15. The van der Waals surface area contributed by atoms with Crippen molar-refractivity contribution in [1.82, 2.24) is 0 Å². The minimum atomic E-state index is -3.58. The molecule has 0 bridgehead atoms. The second-order valence-corrected chi connectivity index (χ2v) is 5.05. The first-order valence-electron chi connectivity index (χ1n) is 5.31. The van der Waals surface area contributed by atoms with Crippen molar-refractivity contribution in [3.63, 3.8) is 0 Å². The lowest BCUT2D eigenvalue weighted by molar-refractivity contribution is 0.307. The predicted molar refractivity (Wildman–Crippen MR) is 62.5 cm³/mol. The van der Waals surface area contributed by atoms with Crippen molar-refractivity contribution in [2.45, 2.75) is 24.2 Å². The molecular weight excluding hydrogens is 226 g/mol. The van der Waals surface area contributed by atoms with Crippen LogP contribution < -0.4 is 5.73 Å². The molecule has 0 saturated heterocycles. The number of benzene rings is 1. The maximum Gasteiger partial charge on any atom is 0.296 e. The molecule has 0 unspecified atom stereocenters. The van der Waals surface area contributed by atoms with Gasteiger partial charge in [-0.1, -0.05) is 18.2 Å². The van der Waals surface area contributed by atoms with Gasteiger partial charge in [-0.3, -0.25) is 4.18 Å². The zero-order valence-corrected chi connectivity index (χ0v) is 9.95. The molecule has 90 valence electrons. The minimum Gasteiger partial charge on any atom is -0.330 e. The van der Waals surface area contributed by atoms with E-state index in [1.54, 1.807) is 18.2 Å². The molecule has 2 N–H and O–H groups in total. The smallest absolute Gasteiger partial charge is 0.296 e. The number of unbranched alkanes of at least 4 members (excludes halogenated alkanes) is 2. The lowest BCUT2D eigenvalue weighted by Gasteiger charge is -2.04. The monoisotopic (exact) mass is 243 g/mol. The standard InChI is InChI=1S/C11H17NO3S/c12-9-5-2-6-10-15-16(13,14)11-7-3-1-4-8-11/h1,3-4,7-8H,2,5-6,9-10,12H2. The summed E-state index contributed by atoms with van der Waals surface area (Å²) in [6.07, 6.45) is 2.50. The minimum absolute atomic E-state index is 0.203. The highest BCUT2D eigenvalue weighted by Crippen LogP contribution is 2.11. The van der Waals surface area contributed by atoms with Gasteiger partial charge in [-0.25, -0.2) is 0 Å². The lowest BCUT2D eigenvalue weighted by atomic mass is 10.2. The summed E-state index contributed by atoms with van der Waals surface area (Å²) < 4.78 is 28.1. The number of hydrogen-bond donors (Lipinski definition) is 1. The third kappa shape index (κ3) is 4.30. The van der Waals surface area contributed by atoms with Crippen LogP contribution >= 0.6 is 0 Å². The molecule has 0 radical (unpaired) electrons. The quantitative estimate of drug-likeness (QED) is 0.582. The average Bonchev–Trinajstić information content (AvgIpc) is 2.30. The van der Waals surface area contributed by atoms with Gasteiger partial charge in [-0.05, 0) is 37.9 Å². The van der Waals surface area contributed by atoms with Crippen molar-refractivity contribution in [2.75, 3.05) is 13.2 Å². The summed E-state index contributed by atoms with van der Waals surface area (Å²) in [4.78, 5) is 0.203. The molecule has 0 saturated carbocycles. The van der Waals surface area contributed by atoms with Gasteiger partial charge in [0.05, 0.1) is 11.5 Å². The van der Waals surface area contributed by atoms with Crippen LogP contribution in [0.5, 0.6) is 0 Å². The Balaban J connectivity index is 2.41. The number of rotatable bonds is 7. The van der Waals surface area contributed by atoms with Crippen LogP contribution in [-0.2, 0) is 14.3 Å². The molecular formula is C11H17NO3S. The fourth-order valence-corrected chi connectivity index (χ4v) is 2.21. The van der Waals surface area contributed by atoms with E-state index in [-0.39, 0.29) is 11.5 Å². The van der Waals surface area contributed by atoms with Gasteiger partial charge in [0.1, 0.15) is 0 Å². The van der Waals surface area contributed by atoms with Crippen LogP contribution in [0.1, 0.15) is 19.3 Å². The second-order valence-electron chi connectivity index (χ2n) is 3.44. The molecule has 1 aromatic rings. The molecule has 0 amide bonds. The van der Waals surface area contributed by atoms with E-state index in [1.165, 1.54) is 12.1 Å². The van der Waals surface area contributed by atoms with Crippen LogP contribution in [0.4, 0.5) is 0 Å². The van der Waals surface area contributed by atoms with Gasteiger partial charge in [-0.2, -0.15) is 8.42 Å². The molecule has 0 spiro atoms. The predicted octanol–water partition coefficient (Wildman–Crippen LogP) is 1.52. The van der Waals surface area contributed by atoms with Crippen LogP contribution in [0.3, 0.4) is 0 Å². The summed E-state index contributed by atoms with van der Waals surface area (Å²) in [6.45, 7) is 0.850. The van der Waals surface area contributed by atoms with Crippen LogP contribution in [-0.4, -0.2) is 21.6 Å². The second kappa shape index (κ2) is 6.62. The Bertz CT molecular complexity index is 389. The number of hydrogen-bond acceptors (Lipinski definition) is 4. The largest absolute Gasteiger partial charge is 0.330 e. The first kappa shape index (κ1) is 13.2. The molecule has 0 aliphatic carbocycles. The molecule has 0 aliphatic heterocycles. The molecule has 1 aromatic carbocycles. The van der Waals surface area contributed by atoms with Gasteiger partial charge in [0.2, 0.25) is 0 Å². The Hall–Kier alpha value is -0.910. The topological polar surface area (TPSA) is 69.4 Å². The van der Waals surface area contributed by atoms with Gasteiger partial charge in [0, 0.05) is 0 Å². The van der Waals surface area contributed by atoms with E-state index in [0.29, 0.717) is 13.0 Å². The zero-order chi connectivity index (χ0) is 11.9. The van der Waals surface area contributed by atoms with Crippen molar-refractivity contribution >= 4 is 10.1 Å². The maximum absolute atomic E-state index is 11.6. The Morgan fingerprint density at radius 2 is 1.75 bits per heavy atom. The molecule has 0 heterocycles.